The first-order valence-electron chi connectivity index (χ1n) is 6.18. The zero-order chi connectivity index (χ0) is 14.4. The van der Waals surface area contributed by atoms with Gasteiger partial charge in [-0.2, -0.15) is 11.8 Å². The number of benzene rings is 2. The molecule has 2 aromatic rings. The Morgan fingerprint density at radius 1 is 1.00 bits per heavy atom. The van der Waals surface area contributed by atoms with Crippen LogP contribution in [0, 0.1) is 0 Å². The molecule has 0 N–H and O–H groups in total. The number of rotatable bonds is 5. The Kier molecular flexibility index (Phi) is 5.50. The summed E-state index contributed by atoms with van der Waals surface area (Å²) < 4.78 is 4.67. The minimum absolute atomic E-state index is 0.301. The molecule has 0 aliphatic rings. The van der Waals surface area contributed by atoms with Crippen LogP contribution in [-0.4, -0.2) is 13.1 Å². The number of carbonyl (C=O) groups excluding carboxylic acids is 1. The molecule has 0 saturated carbocycles. The van der Waals surface area contributed by atoms with Gasteiger partial charge in [0, 0.05) is 16.5 Å². The molecule has 0 aliphatic carbocycles. The molecule has 0 radical (unpaired) electrons. The lowest BCUT2D eigenvalue weighted by Crippen LogP contribution is -2.00. The molecule has 0 saturated heterocycles. The third kappa shape index (κ3) is 4.29. The summed E-state index contributed by atoms with van der Waals surface area (Å²) in [4.78, 5) is 11.3. The number of esters is 1. The molecule has 2 nitrogen and oxygen atoms in total. The second kappa shape index (κ2) is 7.36. The summed E-state index contributed by atoms with van der Waals surface area (Å²) >= 11 is 7.68. The highest BCUT2D eigenvalue weighted by atomic mass is 35.5. The average Bonchev–Trinajstić information content (AvgIpc) is 2.49. The summed E-state index contributed by atoms with van der Waals surface area (Å²) in [6.45, 7) is 0. The highest BCUT2D eigenvalue weighted by molar-refractivity contribution is 7.97. The molecule has 0 heterocycles. The maximum atomic E-state index is 11.3. The van der Waals surface area contributed by atoms with E-state index in [0.717, 1.165) is 16.5 Å². The number of halogens is 1. The lowest BCUT2D eigenvalue weighted by molar-refractivity contribution is 0.0600. The number of carbonyl (C=O) groups is 1. The second-order valence-corrected chi connectivity index (χ2v) is 5.73. The highest BCUT2D eigenvalue weighted by Gasteiger charge is 2.04. The Bertz CT molecular complexity index is 564. The van der Waals surface area contributed by atoms with Crippen molar-refractivity contribution in [2.24, 2.45) is 0 Å². The van der Waals surface area contributed by atoms with Crippen molar-refractivity contribution in [3.05, 3.63) is 70.2 Å². The van der Waals surface area contributed by atoms with Gasteiger partial charge in [0.1, 0.15) is 0 Å². The fourth-order valence-corrected chi connectivity index (χ4v) is 2.81. The van der Waals surface area contributed by atoms with Gasteiger partial charge in [0.2, 0.25) is 0 Å². The molecule has 2 rings (SSSR count). The van der Waals surface area contributed by atoms with E-state index in [2.05, 4.69) is 4.74 Å². The molecule has 0 aromatic heterocycles. The minimum Gasteiger partial charge on any atom is -0.465 e. The van der Waals surface area contributed by atoms with Gasteiger partial charge in [-0.1, -0.05) is 35.9 Å². The van der Waals surface area contributed by atoms with E-state index in [-0.39, 0.29) is 5.97 Å². The third-order valence-corrected chi connectivity index (χ3v) is 4.15. The molecule has 2 aromatic carbocycles. The number of thioether (sulfide) groups is 1. The SMILES string of the molecule is COC(=O)c1ccc(CSCc2ccc(Cl)cc2)cc1. The summed E-state index contributed by atoms with van der Waals surface area (Å²) in [6, 6.07) is 15.4. The summed E-state index contributed by atoms with van der Waals surface area (Å²) in [6.07, 6.45) is 0. The van der Waals surface area contributed by atoms with E-state index in [1.807, 2.05) is 48.2 Å². The minimum atomic E-state index is -0.301. The Balaban J connectivity index is 1.85. The second-order valence-electron chi connectivity index (χ2n) is 4.31. The van der Waals surface area contributed by atoms with Gasteiger partial charge in [-0.15, -0.1) is 0 Å². The fraction of sp³-hybridized carbons (Fsp3) is 0.188. The van der Waals surface area contributed by atoms with Gasteiger partial charge in [0.25, 0.3) is 0 Å². The molecule has 0 aliphatic heterocycles. The van der Waals surface area contributed by atoms with Gasteiger partial charge < -0.3 is 4.74 Å². The number of ether oxygens (including phenoxy) is 1. The predicted octanol–water partition coefficient (Wildman–Crippen LogP) is 4.56. The van der Waals surface area contributed by atoms with Crippen molar-refractivity contribution < 1.29 is 9.53 Å². The van der Waals surface area contributed by atoms with E-state index in [4.69, 9.17) is 11.6 Å². The predicted molar refractivity (Wildman–Crippen MR) is 84.2 cm³/mol. The summed E-state index contributed by atoms with van der Waals surface area (Å²) in [5.74, 6) is 1.55. The van der Waals surface area contributed by atoms with E-state index in [1.165, 1.54) is 18.2 Å². The zero-order valence-corrected chi connectivity index (χ0v) is 12.7. The van der Waals surface area contributed by atoms with Crippen molar-refractivity contribution in [3.63, 3.8) is 0 Å². The molecule has 4 heteroatoms. The number of methoxy groups -OCH3 is 1. The third-order valence-electron chi connectivity index (χ3n) is 2.83. The topological polar surface area (TPSA) is 26.3 Å². The van der Waals surface area contributed by atoms with E-state index in [0.29, 0.717) is 5.56 Å². The number of hydrogen-bond acceptors (Lipinski definition) is 3. The zero-order valence-electron chi connectivity index (χ0n) is 11.1. The van der Waals surface area contributed by atoms with Crippen molar-refractivity contribution in [1.29, 1.82) is 0 Å². The monoisotopic (exact) mass is 306 g/mol. The molecular weight excluding hydrogens is 292 g/mol. The molecule has 20 heavy (non-hydrogen) atoms. The summed E-state index contributed by atoms with van der Waals surface area (Å²) in [7, 11) is 1.39. The van der Waals surface area contributed by atoms with Gasteiger partial charge in [0.05, 0.1) is 12.7 Å². The van der Waals surface area contributed by atoms with Crippen LogP contribution in [0.25, 0.3) is 0 Å². The van der Waals surface area contributed by atoms with Crippen molar-refractivity contribution in [3.8, 4) is 0 Å². The van der Waals surface area contributed by atoms with Crippen LogP contribution in [0.15, 0.2) is 48.5 Å². The maximum absolute atomic E-state index is 11.3. The number of hydrogen-bond donors (Lipinski definition) is 0. The van der Waals surface area contributed by atoms with Crippen molar-refractivity contribution >= 4 is 29.3 Å². The van der Waals surface area contributed by atoms with E-state index < -0.39 is 0 Å². The highest BCUT2D eigenvalue weighted by Crippen LogP contribution is 2.19. The van der Waals surface area contributed by atoms with Gasteiger partial charge in [-0.3, -0.25) is 0 Å². The molecule has 104 valence electrons. The van der Waals surface area contributed by atoms with Crippen molar-refractivity contribution in [2.45, 2.75) is 11.5 Å². The normalized spacial score (nSPS) is 10.3. The van der Waals surface area contributed by atoms with Gasteiger partial charge in [-0.25, -0.2) is 4.79 Å². The Hall–Kier alpha value is -1.45. The summed E-state index contributed by atoms with van der Waals surface area (Å²) in [5.41, 5.74) is 3.03. The van der Waals surface area contributed by atoms with Crippen LogP contribution in [0.5, 0.6) is 0 Å². The first kappa shape index (κ1) is 14.9. The van der Waals surface area contributed by atoms with Gasteiger partial charge >= 0.3 is 5.97 Å². The first-order valence-corrected chi connectivity index (χ1v) is 7.72. The Morgan fingerprint density at radius 3 is 2.00 bits per heavy atom. The van der Waals surface area contributed by atoms with Crippen molar-refractivity contribution in [1.82, 2.24) is 0 Å². The maximum Gasteiger partial charge on any atom is 0.337 e. The Morgan fingerprint density at radius 2 is 1.50 bits per heavy atom. The smallest absolute Gasteiger partial charge is 0.337 e. The first-order chi connectivity index (χ1) is 9.69. The van der Waals surface area contributed by atoms with Crippen LogP contribution in [-0.2, 0) is 16.2 Å². The quantitative estimate of drug-likeness (QED) is 0.757. The molecule has 0 spiro atoms. The molecule has 0 fully saturated rings. The molecule has 0 amide bonds. The van der Waals surface area contributed by atoms with E-state index in [1.54, 1.807) is 12.1 Å². The van der Waals surface area contributed by atoms with Crippen LogP contribution in [0.2, 0.25) is 5.02 Å². The van der Waals surface area contributed by atoms with Gasteiger partial charge in [-0.05, 0) is 35.4 Å². The lowest BCUT2D eigenvalue weighted by Gasteiger charge is -2.04. The fourth-order valence-electron chi connectivity index (χ4n) is 1.72. The van der Waals surface area contributed by atoms with Crippen LogP contribution >= 0.6 is 23.4 Å². The lowest BCUT2D eigenvalue weighted by atomic mass is 10.1. The van der Waals surface area contributed by atoms with Crippen LogP contribution in [0.1, 0.15) is 21.5 Å². The van der Waals surface area contributed by atoms with Crippen molar-refractivity contribution in [2.75, 3.05) is 7.11 Å². The largest absolute Gasteiger partial charge is 0.465 e. The molecule has 0 atom stereocenters. The molecule has 0 bridgehead atoms. The molecular formula is C16H15ClO2S. The van der Waals surface area contributed by atoms with E-state index >= 15 is 0 Å². The van der Waals surface area contributed by atoms with Crippen LogP contribution in [0.3, 0.4) is 0 Å². The van der Waals surface area contributed by atoms with E-state index in [9.17, 15) is 4.79 Å². The van der Waals surface area contributed by atoms with Crippen LogP contribution in [0.4, 0.5) is 0 Å². The summed E-state index contributed by atoms with van der Waals surface area (Å²) in [5, 5.41) is 0.761. The average molecular weight is 307 g/mol. The molecule has 0 unspecified atom stereocenters. The standard InChI is InChI=1S/C16H15ClO2S/c1-19-16(18)14-6-2-12(3-7-14)10-20-11-13-4-8-15(17)9-5-13/h2-9H,10-11H2,1H3. The van der Waals surface area contributed by atoms with Crippen LogP contribution < -0.4 is 0 Å². The van der Waals surface area contributed by atoms with Gasteiger partial charge in [0.15, 0.2) is 0 Å². The Labute approximate surface area is 128 Å².